The number of benzene rings is 1. The average Bonchev–Trinajstić information content (AvgIpc) is 2.93. The third-order valence-electron chi connectivity index (χ3n) is 3.39. The van der Waals surface area contributed by atoms with Crippen LogP contribution in [0.1, 0.15) is 12.5 Å². The number of carbonyl (C=O) groups excluding carboxylic acids is 2. The fourth-order valence-corrected chi connectivity index (χ4v) is 2.93. The quantitative estimate of drug-likeness (QED) is 0.805. The first kappa shape index (κ1) is 18.0. The summed E-state index contributed by atoms with van der Waals surface area (Å²) in [5, 5.41) is 10.8. The molecule has 2 amide bonds. The minimum Gasteiger partial charge on any atom is -0.335 e. The van der Waals surface area contributed by atoms with Gasteiger partial charge >= 0.3 is 0 Å². The van der Waals surface area contributed by atoms with Crippen molar-refractivity contribution in [2.75, 3.05) is 18.9 Å². The number of aryl methyl sites for hydroxylation is 2. The van der Waals surface area contributed by atoms with Crippen LogP contribution in [-0.2, 0) is 16.6 Å². The smallest absolute Gasteiger partial charge is 0.243 e. The van der Waals surface area contributed by atoms with Gasteiger partial charge in [-0.3, -0.25) is 9.59 Å². The molecule has 0 radical (unpaired) electrons. The Bertz CT molecular complexity index is 714. The van der Waals surface area contributed by atoms with Gasteiger partial charge in [0.15, 0.2) is 5.16 Å². The molecule has 128 valence electrons. The first-order chi connectivity index (χ1) is 11.4. The number of carbonyl (C=O) groups is 2. The van der Waals surface area contributed by atoms with Crippen molar-refractivity contribution in [2.24, 2.45) is 7.05 Å². The minimum atomic E-state index is -0.356. The summed E-state index contributed by atoms with van der Waals surface area (Å²) in [7, 11) is 3.43. The van der Waals surface area contributed by atoms with E-state index in [4.69, 9.17) is 0 Å². The number of thioether (sulfide) groups is 1. The van der Waals surface area contributed by atoms with E-state index in [0.717, 1.165) is 5.56 Å². The lowest BCUT2D eigenvalue weighted by molar-refractivity contribution is -0.132. The number of hydrogen-bond donors (Lipinski definition) is 1. The Labute approximate surface area is 145 Å². The zero-order valence-electron chi connectivity index (χ0n) is 14.2. The van der Waals surface area contributed by atoms with Crippen LogP contribution in [0, 0.1) is 6.92 Å². The molecule has 1 aromatic heterocycles. The Kier molecular flexibility index (Phi) is 5.97. The molecule has 0 unspecified atom stereocenters. The highest BCUT2D eigenvalue weighted by molar-refractivity contribution is 8.00. The van der Waals surface area contributed by atoms with Crippen molar-refractivity contribution in [3.63, 3.8) is 0 Å². The van der Waals surface area contributed by atoms with E-state index in [1.165, 1.54) is 16.7 Å². The lowest BCUT2D eigenvalue weighted by atomic mass is 10.2. The summed E-state index contributed by atoms with van der Waals surface area (Å²) in [5.41, 5.74) is 1.84. The fourth-order valence-electron chi connectivity index (χ4n) is 2.03. The number of amides is 2. The average molecular weight is 347 g/mol. The van der Waals surface area contributed by atoms with Crippen molar-refractivity contribution >= 4 is 29.3 Å². The highest BCUT2D eigenvalue weighted by atomic mass is 32.2. The summed E-state index contributed by atoms with van der Waals surface area (Å²) < 4.78 is 1.75. The van der Waals surface area contributed by atoms with Gasteiger partial charge in [-0.2, -0.15) is 0 Å². The van der Waals surface area contributed by atoms with Crippen LogP contribution in [0.2, 0.25) is 0 Å². The largest absolute Gasteiger partial charge is 0.335 e. The summed E-state index contributed by atoms with van der Waals surface area (Å²) in [6.07, 6.45) is 1.58. The van der Waals surface area contributed by atoms with Gasteiger partial charge in [0, 0.05) is 19.8 Å². The number of anilines is 1. The molecule has 0 aliphatic heterocycles. The van der Waals surface area contributed by atoms with Crippen LogP contribution in [-0.4, -0.2) is 50.3 Å². The van der Waals surface area contributed by atoms with Gasteiger partial charge in [0.25, 0.3) is 0 Å². The molecule has 1 heterocycles. The van der Waals surface area contributed by atoms with Crippen LogP contribution in [0.3, 0.4) is 0 Å². The van der Waals surface area contributed by atoms with Crippen LogP contribution >= 0.6 is 11.8 Å². The molecule has 1 atom stereocenters. The summed E-state index contributed by atoms with van der Waals surface area (Å²) in [6, 6.07) is 7.51. The van der Waals surface area contributed by atoms with E-state index in [2.05, 4.69) is 15.5 Å². The molecule has 0 aliphatic rings. The summed E-state index contributed by atoms with van der Waals surface area (Å²) in [5.74, 6) is -0.368. The third kappa shape index (κ3) is 4.82. The lowest BCUT2D eigenvalue weighted by Gasteiger charge is -2.20. The molecule has 1 N–H and O–H groups in total. The topological polar surface area (TPSA) is 80.1 Å². The number of likely N-dealkylation sites (N-methyl/N-ethyl adjacent to an activating group) is 1. The molecular weight excluding hydrogens is 326 g/mol. The van der Waals surface area contributed by atoms with Crippen molar-refractivity contribution in [3.8, 4) is 0 Å². The zero-order chi connectivity index (χ0) is 17.7. The Morgan fingerprint density at radius 3 is 2.58 bits per heavy atom. The minimum absolute atomic E-state index is 0.00355. The van der Waals surface area contributed by atoms with E-state index in [1.54, 1.807) is 24.9 Å². The maximum atomic E-state index is 12.4. The molecule has 8 heteroatoms. The highest BCUT2D eigenvalue weighted by Gasteiger charge is 2.22. The van der Waals surface area contributed by atoms with Crippen LogP contribution < -0.4 is 5.32 Å². The molecule has 2 rings (SSSR count). The van der Waals surface area contributed by atoms with Gasteiger partial charge in [-0.05, 0) is 26.0 Å². The van der Waals surface area contributed by atoms with Crippen LogP contribution in [0.4, 0.5) is 5.69 Å². The third-order valence-corrected chi connectivity index (χ3v) is 4.53. The summed E-state index contributed by atoms with van der Waals surface area (Å²) in [6.45, 7) is 3.76. The standard InChI is InChI=1S/C16H21N5O2S/c1-11-5-7-13(8-6-11)18-14(22)9-20(3)15(23)12(2)24-16-19-17-10-21(16)4/h5-8,10,12H,9H2,1-4H3,(H,18,22)/t12-/m0/s1. The van der Waals surface area contributed by atoms with Crippen molar-refractivity contribution < 1.29 is 9.59 Å². The monoisotopic (exact) mass is 347 g/mol. The van der Waals surface area contributed by atoms with E-state index in [-0.39, 0.29) is 23.6 Å². The Morgan fingerprint density at radius 1 is 1.33 bits per heavy atom. The highest BCUT2D eigenvalue weighted by Crippen LogP contribution is 2.21. The van der Waals surface area contributed by atoms with Gasteiger partial charge in [0.05, 0.1) is 11.8 Å². The predicted molar refractivity (Wildman–Crippen MR) is 93.8 cm³/mol. The van der Waals surface area contributed by atoms with Crippen molar-refractivity contribution in [1.82, 2.24) is 19.7 Å². The van der Waals surface area contributed by atoms with Gasteiger partial charge in [-0.15, -0.1) is 10.2 Å². The molecule has 0 fully saturated rings. The molecule has 0 aliphatic carbocycles. The maximum absolute atomic E-state index is 12.4. The molecule has 24 heavy (non-hydrogen) atoms. The summed E-state index contributed by atoms with van der Waals surface area (Å²) >= 11 is 1.31. The summed E-state index contributed by atoms with van der Waals surface area (Å²) in [4.78, 5) is 25.9. The molecule has 0 spiro atoms. The number of aromatic nitrogens is 3. The predicted octanol–water partition coefficient (Wildman–Crippen LogP) is 1.70. The fraction of sp³-hybridized carbons (Fsp3) is 0.375. The molecular formula is C16H21N5O2S. The van der Waals surface area contributed by atoms with Crippen molar-refractivity contribution in [1.29, 1.82) is 0 Å². The molecule has 7 nitrogen and oxygen atoms in total. The van der Waals surface area contributed by atoms with Gasteiger partial charge in [0.1, 0.15) is 6.33 Å². The van der Waals surface area contributed by atoms with E-state index in [0.29, 0.717) is 10.8 Å². The number of rotatable bonds is 6. The first-order valence-electron chi connectivity index (χ1n) is 7.49. The molecule has 0 saturated carbocycles. The molecule has 1 aromatic carbocycles. The number of nitrogens with one attached hydrogen (secondary N) is 1. The van der Waals surface area contributed by atoms with Gasteiger partial charge in [-0.25, -0.2) is 0 Å². The van der Waals surface area contributed by atoms with Gasteiger partial charge in [0.2, 0.25) is 11.8 Å². The van der Waals surface area contributed by atoms with E-state index in [1.807, 2.05) is 38.2 Å². The second-order valence-corrected chi connectivity index (χ2v) is 6.90. The van der Waals surface area contributed by atoms with Crippen molar-refractivity contribution in [3.05, 3.63) is 36.2 Å². The van der Waals surface area contributed by atoms with E-state index >= 15 is 0 Å². The maximum Gasteiger partial charge on any atom is 0.243 e. The zero-order valence-corrected chi connectivity index (χ0v) is 15.0. The lowest BCUT2D eigenvalue weighted by Crippen LogP contribution is -2.39. The van der Waals surface area contributed by atoms with E-state index < -0.39 is 0 Å². The molecule has 0 saturated heterocycles. The second-order valence-electron chi connectivity index (χ2n) is 5.59. The Morgan fingerprint density at radius 2 is 2.00 bits per heavy atom. The van der Waals surface area contributed by atoms with Crippen LogP contribution in [0.5, 0.6) is 0 Å². The van der Waals surface area contributed by atoms with Gasteiger partial charge < -0.3 is 14.8 Å². The number of nitrogens with zero attached hydrogens (tertiary/aromatic N) is 4. The van der Waals surface area contributed by atoms with Crippen molar-refractivity contribution in [2.45, 2.75) is 24.3 Å². The Balaban J connectivity index is 1.87. The van der Waals surface area contributed by atoms with E-state index in [9.17, 15) is 9.59 Å². The SMILES string of the molecule is Cc1ccc(NC(=O)CN(C)C(=O)[C@H](C)Sc2nncn2C)cc1. The first-order valence-corrected chi connectivity index (χ1v) is 8.37. The van der Waals surface area contributed by atoms with Crippen LogP contribution in [0.15, 0.2) is 35.7 Å². The molecule has 0 bridgehead atoms. The Hall–Kier alpha value is -2.35. The molecule has 2 aromatic rings. The number of hydrogen-bond acceptors (Lipinski definition) is 5. The normalized spacial score (nSPS) is 11.8. The van der Waals surface area contributed by atoms with Gasteiger partial charge in [-0.1, -0.05) is 29.5 Å². The van der Waals surface area contributed by atoms with Crippen LogP contribution in [0.25, 0.3) is 0 Å². The second kappa shape index (κ2) is 7.96.